The fourth-order valence-electron chi connectivity index (χ4n) is 4.37. The van der Waals surface area contributed by atoms with Gasteiger partial charge in [-0.1, -0.05) is 24.3 Å². The summed E-state index contributed by atoms with van der Waals surface area (Å²) in [5.74, 6) is 1.49. The van der Waals surface area contributed by atoms with Crippen molar-refractivity contribution < 1.29 is 0 Å². The minimum atomic E-state index is 0.672. The van der Waals surface area contributed by atoms with Gasteiger partial charge in [0.25, 0.3) is 0 Å². The zero-order chi connectivity index (χ0) is 21.8. The molecule has 4 aromatic rings. The third-order valence-electron chi connectivity index (χ3n) is 6.15. The maximum atomic E-state index is 4.89. The molecule has 6 nitrogen and oxygen atoms in total. The molecule has 0 aliphatic carbocycles. The Kier molecular flexibility index (Phi) is 6.03. The molecule has 1 N–H and O–H groups in total. The first-order valence-electron chi connectivity index (χ1n) is 11.4. The van der Waals surface area contributed by atoms with Crippen molar-refractivity contribution in [2.75, 3.05) is 13.1 Å². The minimum absolute atomic E-state index is 0.672. The van der Waals surface area contributed by atoms with E-state index in [0.29, 0.717) is 12.3 Å². The van der Waals surface area contributed by atoms with Crippen molar-refractivity contribution in [1.29, 1.82) is 0 Å². The van der Waals surface area contributed by atoms with Gasteiger partial charge in [0.2, 0.25) is 0 Å². The van der Waals surface area contributed by atoms with E-state index >= 15 is 0 Å². The Bertz CT molecular complexity index is 1160. The summed E-state index contributed by atoms with van der Waals surface area (Å²) in [6.07, 6.45) is 10.7. The molecular formula is C26H28N6. The van der Waals surface area contributed by atoms with Crippen molar-refractivity contribution in [3.05, 3.63) is 84.2 Å². The molecule has 1 fully saturated rings. The van der Waals surface area contributed by atoms with Crippen molar-refractivity contribution in [2.45, 2.75) is 38.6 Å². The molecule has 162 valence electrons. The Hall–Kier alpha value is -3.38. The number of pyridine rings is 1. The van der Waals surface area contributed by atoms with Crippen LogP contribution in [0, 0.1) is 0 Å². The van der Waals surface area contributed by atoms with Gasteiger partial charge in [0, 0.05) is 48.9 Å². The molecule has 4 heterocycles. The lowest BCUT2D eigenvalue weighted by Crippen LogP contribution is -2.26. The highest BCUT2D eigenvalue weighted by molar-refractivity contribution is 5.78. The number of aromatic nitrogens is 5. The van der Waals surface area contributed by atoms with E-state index in [1.807, 2.05) is 35.3 Å². The lowest BCUT2D eigenvalue weighted by atomic mass is 9.89. The van der Waals surface area contributed by atoms with E-state index in [2.05, 4.69) is 52.7 Å². The zero-order valence-electron chi connectivity index (χ0n) is 18.4. The predicted molar refractivity (Wildman–Crippen MR) is 126 cm³/mol. The van der Waals surface area contributed by atoms with Crippen LogP contribution in [-0.2, 0) is 13.0 Å². The topological polar surface area (TPSA) is 68.5 Å². The molecule has 0 amide bonds. The molecule has 0 radical (unpaired) electrons. The predicted octanol–water partition coefficient (Wildman–Crippen LogP) is 4.48. The Morgan fingerprint density at radius 1 is 1.03 bits per heavy atom. The van der Waals surface area contributed by atoms with E-state index < -0.39 is 0 Å². The van der Waals surface area contributed by atoms with E-state index in [9.17, 15) is 0 Å². The fourth-order valence-corrected chi connectivity index (χ4v) is 4.37. The normalized spacial score (nSPS) is 14.5. The van der Waals surface area contributed by atoms with Gasteiger partial charge < -0.3 is 5.32 Å². The van der Waals surface area contributed by atoms with Crippen LogP contribution in [0.2, 0.25) is 0 Å². The van der Waals surface area contributed by atoms with E-state index in [1.165, 1.54) is 24.0 Å². The van der Waals surface area contributed by atoms with Gasteiger partial charge in [0.1, 0.15) is 11.5 Å². The van der Waals surface area contributed by atoms with Gasteiger partial charge >= 0.3 is 0 Å². The molecule has 1 aliphatic rings. The minimum Gasteiger partial charge on any atom is -0.317 e. The molecule has 1 aliphatic heterocycles. The van der Waals surface area contributed by atoms with Crippen LogP contribution in [0.5, 0.6) is 0 Å². The van der Waals surface area contributed by atoms with Crippen LogP contribution in [0.15, 0.2) is 67.3 Å². The van der Waals surface area contributed by atoms with Crippen LogP contribution < -0.4 is 5.32 Å². The number of benzene rings is 1. The van der Waals surface area contributed by atoms with Crippen LogP contribution in [0.3, 0.4) is 0 Å². The average molecular weight is 425 g/mol. The summed E-state index contributed by atoms with van der Waals surface area (Å²) in [7, 11) is 0. The maximum absolute atomic E-state index is 4.89. The molecule has 3 aromatic heterocycles. The third-order valence-corrected chi connectivity index (χ3v) is 6.15. The number of nitrogens with one attached hydrogen (secondary N) is 1. The Labute approximate surface area is 188 Å². The summed E-state index contributed by atoms with van der Waals surface area (Å²) in [6, 6.07) is 14.9. The van der Waals surface area contributed by atoms with Crippen LogP contribution in [-0.4, -0.2) is 37.8 Å². The first kappa shape index (κ1) is 20.5. The highest BCUT2D eigenvalue weighted by atomic mass is 15.3. The van der Waals surface area contributed by atoms with Gasteiger partial charge in [-0.15, -0.1) is 0 Å². The molecule has 0 bridgehead atoms. The molecule has 5 rings (SSSR count). The monoisotopic (exact) mass is 424 g/mol. The highest BCUT2D eigenvalue weighted by Crippen LogP contribution is 2.30. The van der Waals surface area contributed by atoms with E-state index in [-0.39, 0.29) is 0 Å². The van der Waals surface area contributed by atoms with E-state index in [4.69, 9.17) is 10.1 Å². The second-order valence-corrected chi connectivity index (χ2v) is 8.29. The molecule has 0 saturated carbocycles. The van der Waals surface area contributed by atoms with Crippen molar-refractivity contribution in [1.82, 2.24) is 30.0 Å². The standard InChI is InChI=1S/C26H28N6/c1-2-32-18-23(26(31-32)22-4-3-12-28-17-22)24-11-15-29-25(30-24)16-19-5-7-20(8-6-19)21-9-13-27-14-10-21/h3-8,11-12,15,17-18,21,27H,2,9-10,13-14,16H2,1H3. The molecule has 0 atom stereocenters. The Balaban J connectivity index is 1.39. The summed E-state index contributed by atoms with van der Waals surface area (Å²) < 4.78 is 1.94. The van der Waals surface area contributed by atoms with Crippen LogP contribution in [0.1, 0.15) is 42.6 Å². The number of aryl methyl sites for hydroxylation is 1. The van der Waals surface area contributed by atoms with Crippen molar-refractivity contribution in [3.63, 3.8) is 0 Å². The number of hydrogen-bond donors (Lipinski definition) is 1. The first-order chi connectivity index (χ1) is 15.8. The van der Waals surface area contributed by atoms with Crippen LogP contribution >= 0.6 is 0 Å². The van der Waals surface area contributed by atoms with Gasteiger partial charge in [0.05, 0.1) is 5.69 Å². The fraction of sp³-hybridized carbons (Fsp3) is 0.308. The second kappa shape index (κ2) is 9.40. The molecule has 0 unspecified atom stereocenters. The number of rotatable bonds is 6. The van der Waals surface area contributed by atoms with Gasteiger partial charge in [-0.05, 0) is 68.1 Å². The number of nitrogens with zero attached hydrogens (tertiary/aromatic N) is 5. The molecule has 32 heavy (non-hydrogen) atoms. The first-order valence-corrected chi connectivity index (χ1v) is 11.4. The lowest BCUT2D eigenvalue weighted by molar-refractivity contribution is 0.460. The molecular weight excluding hydrogens is 396 g/mol. The van der Waals surface area contributed by atoms with Crippen molar-refractivity contribution in [3.8, 4) is 22.5 Å². The van der Waals surface area contributed by atoms with Gasteiger partial charge in [0.15, 0.2) is 0 Å². The zero-order valence-corrected chi connectivity index (χ0v) is 18.4. The van der Waals surface area contributed by atoms with Gasteiger partial charge in [-0.3, -0.25) is 9.67 Å². The summed E-state index contributed by atoms with van der Waals surface area (Å²) in [5, 5.41) is 8.20. The Morgan fingerprint density at radius 2 is 1.88 bits per heavy atom. The SMILES string of the molecule is CCn1cc(-c2ccnc(Cc3ccc(C4CCNCC4)cc3)n2)c(-c2cccnc2)n1. The summed E-state index contributed by atoms with van der Waals surface area (Å²) >= 11 is 0. The quantitative estimate of drug-likeness (QED) is 0.494. The summed E-state index contributed by atoms with van der Waals surface area (Å²) in [6.45, 7) is 5.11. The average Bonchev–Trinajstić information content (AvgIpc) is 3.31. The molecule has 6 heteroatoms. The molecule has 1 aromatic carbocycles. The number of hydrogen-bond acceptors (Lipinski definition) is 5. The largest absolute Gasteiger partial charge is 0.317 e. The summed E-state index contributed by atoms with van der Waals surface area (Å²) in [5.41, 5.74) is 6.46. The summed E-state index contributed by atoms with van der Waals surface area (Å²) in [4.78, 5) is 13.7. The van der Waals surface area contributed by atoms with Crippen molar-refractivity contribution in [2.24, 2.45) is 0 Å². The van der Waals surface area contributed by atoms with Crippen LogP contribution in [0.4, 0.5) is 0 Å². The highest BCUT2D eigenvalue weighted by Gasteiger charge is 2.16. The second-order valence-electron chi connectivity index (χ2n) is 8.29. The van der Waals surface area contributed by atoms with E-state index in [0.717, 1.165) is 48.0 Å². The van der Waals surface area contributed by atoms with E-state index in [1.54, 1.807) is 6.20 Å². The van der Waals surface area contributed by atoms with Crippen molar-refractivity contribution >= 4 is 0 Å². The molecule has 1 saturated heterocycles. The smallest absolute Gasteiger partial charge is 0.133 e. The van der Waals surface area contributed by atoms with Gasteiger partial charge in [-0.2, -0.15) is 5.10 Å². The maximum Gasteiger partial charge on any atom is 0.133 e. The van der Waals surface area contributed by atoms with Crippen LogP contribution in [0.25, 0.3) is 22.5 Å². The number of piperidine rings is 1. The van der Waals surface area contributed by atoms with Gasteiger partial charge in [-0.25, -0.2) is 9.97 Å². The lowest BCUT2D eigenvalue weighted by Gasteiger charge is -2.23. The Morgan fingerprint density at radius 3 is 2.62 bits per heavy atom. The molecule has 0 spiro atoms. The third kappa shape index (κ3) is 4.46.